The van der Waals surface area contributed by atoms with E-state index in [0.29, 0.717) is 25.7 Å². The van der Waals surface area contributed by atoms with Gasteiger partial charge in [0.05, 0.1) is 0 Å². The number of hydrogen-bond acceptors (Lipinski definition) is 4. The van der Waals surface area contributed by atoms with Gasteiger partial charge in [0.2, 0.25) is 11.6 Å². The Morgan fingerprint density at radius 3 is 1.24 bits per heavy atom. The second-order valence-corrected chi connectivity index (χ2v) is 8.63. The molecular weight excluding hydrogens is 424 g/mol. The molecular formula is C30H42O4. The van der Waals surface area contributed by atoms with Crippen molar-refractivity contribution in [3.63, 3.8) is 0 Å². The fourth-order valence-electron chi connectivity index (χ4n) is 3.36. The maximum absolute atomic E-state index is 11.8. The van der Waals surface area contributed by atoms with Crippen molar-refractivity contribution >= 4 is 11.6 Å². The third-order valence-corrected chi connectivity index (χ3v) is 5.48. The minimum absolute atomic E-state index is 0.137. The van der Waals surface area contributed by atoms with Gasteiger partial charge in [-0.2, -0.15) is 0 Å². The van der Waals surface area contributed by atoms with Crippen LogP contribution in [0.4, 0.5) is 0 Å². The molecule has 4 nitrogen and oxygen atoms in total. The van der Waals surface area contributed by atoms with E-state index in [-0.39, 0.29) is 24.4 Å². The Kier molecular flexibility index (Phi) is 21.9. The third kappa shape index (κ3) is 22.7. The zero-order chi connectivity index (χ0) is 25.3. The van der Waals surface area contributed by atoms with Crippen molar-refractivity contribution in [1.82, 2.24) is 0 Å². The van der Waals surface area contributed by atoms with Crippen molar-refractivity contribution < 1.29 is 19.8 Å². The summed E-state index contributed by atoms with van der Waals surface area (Å²) in [7, 11) is 0. The normalized spacial score (nSPS) is 11.6. The predicted molar refractivity (Wildman–Crippen MR) is 138 cm³/mol. The zero-order valence-electron chi connectivity index (χ0n) is 20.7. The molecule has 4 heteroatoms. The van der Waals surface area contributed by atoms with Crippen LogP contribution in [-0.2, 0) is 9.59 Å². The van der Waals surface area contributed by atoms with Crippen LogP contribution >= 0.6 is 0 Å². The van der Waals surface area contributed by atoms with Gasteiger partial charge in [0, 0.05) is 25.7 Å². The summed E-state index contributed by atoms with van der Waals surface area (Å²) >= 11 is 0. The predicted octanol–water partition coefficient (Wildman–Crippen LogP) is 5.14. The molecule has 0 spiro atoms. The average Bonchev–Trinajstić information content (AvgIpc) is 2.84. The molecule has 0 amide bonds. The van der Waals surface area contributed by atoms with Crippen LogP contribution in [-0.4, -0.2) is 34.0 Å². The second-order valence-electron chi connectivity index (χ2n) is 8.63. The van der Waals surface area contributed by atoms with Crippen LogP contribution in [0.25, 0.3) is 0 Å². The number of hydrogen-bond donors (Lipinski definition) is 2. The van der Waals surface area contributed by atoms with Gasteiger partial charge in [-0.25, -0.2) is 0 Å². The quantitative estimate of drug-likeness (QED) is 0.157. The van der Waals surface area contributed by atoms with E-state index in [9.17, 15) is 19.8 Å². The summed E-state index contributed by atoms with van der Waals surface area (Å²) < 4.78 is 0. The number of terminal acetylenes is 2. The van der Waals surface area contributed by atoms with Crippen LogP contribution in [0.1, 0.15) is 116 Å². The van der Waals surface area contributed by atoms with Crippen LogP contribution in [0.3, 0.4) is 0 Å². The highest BCUT2D eigenvalue weighted by atomic mass is 16.3. The Labute approximate surface area is 207 Å². The number of aliphatic hydroxyl groups is 2. The van der Waals surface area contributed by atoms with E-state index in [4.69, 9.17) is 12.8 Å². The van der Waals surface area contributed by atoms with Gasteiger partial charge in [-0.05, 0) is 50.4 Å². The maximum atomic E-state index is 11.8. The Balaban J connectivity index is 3.61. The highest BCUT2D eigenvalue weighted by Crippen LogP contribution is 2.10. The van der Waals surface area contributed by atoms with Gasteiger partial charge in [-0.1, -0.05) is 75.0 Å². The molecule has 0 saturated carbocycles. The smallest absolute Gasteiger partial charge is 0.205 e. The molecule has 2 N–H and O–H groups in total. The van der Waals surface area contributed by atoms with Crippen LogP contribution in [0, 0.1) is 48.4 Å². The summed E-state index contributed by atoms with van der Waals surface area (Å²) in [5.74, 6) is 15.3. The lowest BCUT2D eigenvalue weighted by atomic mass is 10.1. The van der Waals surface area contributed by atoms with E-state index in [1.54, 1.807) is 0 Å². The monoisotopic (exact) mass is 466 g/mol. The summed E-state index contributed by atoms with van der Waals surface area (Å²) in [6, 6.07) is 0. The van der Waals surface area contributed by atoms with E-state index in [1.165, 1.54) is 0 Å². The first kappa shape index (κ1) is 31.5. The SMILES string of the molecule is C#CC(O)CCCCCCCCC#CC(=O)CCC(=O)C#CCCCCCCCCC(O)C#C. The molecule has 2 atom stereocenters. The van der Waals surface area contributed by atoms with E-state index in [2.05, 4.69) is 35.5 Å². The van der Waals surface area contributed by atoms with Gasteiger partial charge in [0.15, 0.2) is 0 Å². The van der Waals surface area contributed by atoms with E-state index >= 15 is 0 Å². The highest BCUT2D eigenvalue weighted by molar-refractivity contribution is 6.01. The molecule has 0 rings (SSSR count). The number of aliphatic hydroxyl groups excluding tert-OH is 2. The summed E-state index contributed by atoms with van der Waals surface area (Å²) in [6.07, 6.45) is 24.6. The number of rotatable bonds is 19. The minimum atomic E-state index is -0.617. The van der Waals surface area contributed by atoms with Crippen LogP contribution < -0.4 is 0 Å². The molecule has 0 aliphatic carbocycles. The molecule has 186 valence electrons. The van der Waals surface area contributed by atoms with Gasteiger partial charge in [-0.3, -0.25) is 9.59 Å². The topological polar surface area (TPSA) is 74.6 Å². The molecule has 0 aromatic rings. The molecule has 0 aromatic heterocycles. The van der Waals surface area contributed by atoms with Gasteiger partial charge in [0.1, 0.15) is 12.2 Å². The highest BCUT2D eigenvalue weighted by Gasteiger charge is 2.02. The van der Waals surface area contributed by atoms with Crippen LogP contribution in [0.2, 0.25) is 0 Å². The average molecular weight is 467 g/mol. The first-order chi connectivity index (χ1) is 16.5. The lowest BCUT2D eigenvalue weighted by molar-refractivity contribution is -0.118. The van der Waals surface area contributed by atoms with E-state index in [1.807, 2.05) is 0 Å². The molecule has 0 aromatic carbocycles. The second kappa shape index (κ2) is 23.7. The first-order valence-electron chi connectivity index (χ1n) is 12.8. The number of carbonyl (C=O) groups excluding carboxylic acids is 2. The first-order valence-corrected chi connectivity index (χ1v) is 12.8. The van der Waals surface area contributed by atoms with Crippen LogP contribution in [0.5, 0.6) is 0 Å². The summed E-state index contributed by atoms with van der Waals surface area (Å²) in [4.78, 5) is 23.6. The molecule has 0 bridgehead atoms. The standard InChI is InChI=1S/C30H42O4/c1-3-27(31)21-17-13-9-5-7-11-15-19-23-29(33)25-26-30(34)24-20-16-12-8-6-10-14-18-22-28(32)4-2/h1-2,27-28,31-32H,5-18,21-22,25-26H2. The fraction of sp³-hybridized carbons (Fsp3) is 0.667. The van der Waals surface area contributed by atoms with Gasteiger partial charge in [-0.15, -0.1) is 12.8 Å². The fourth-order valence-corrected chi connectivity index (χ4v) is 3.36. The largest absolute Gasteiger partial charge is 0.380 e. The molecule has 34 heavy (non-hydrogen) atoms. The maximum Gasteiger partial charge on any atom is 0.205 e. The van der Waals surface area contributed by atoms with Crippen molar-refractivity contribution in [1.29, 1.82) is 0 Å². The van der Waals surface area contributed by atoms with Crippen molar-refractivity contribution in [3.8, 4) is 48.4 Å². The van der Waals surface area contributed by atoms with E-state index < -0.39 is 12.2 Å². The number of carbonyl (C=O) groups is 2. The lowest BCUT2D eigenvalue weighted by Gasteiger charge is -2.02. The summed E-state index contributed by atoms with van der Waals surface area (Å²) in [6.45, 7) is 0. The Bertz CT molecular complexity index is 694. The lowest BCUT2D eigenvalue weighted by Crippen LogP contribution is -2.01. The number of unbranched alkanes of at least 4 members (excludes halogenated alkanes) is 12. The van der Waals surface area contributed by atoms with Crippen molar-refractivity contribution in [2.24, 2.45) is 0 Å². The van der Waals surface area contributed by atoms with Gasteiger partial charge in [0.25, 0.3) is 0 Å². The van der Waals surface area contributed by atoms with Crippen molar-refractivity contribution in [2.45, 2.75) is 128 Å². The number of Topliss-reactive ketones (excluding diaryl/α,β-unsaturated/α-hetero) is 2. The van der Waals surface area contributed by atoms with Gasteiger partial charge < -0.3 is 10.2 Å². The Morgan fingerprint density at radius 2 is 0.882 bits per heavy atom. The number of ketones is 2. The Hall–Kier alpha value is -2.50. The van der Waals surface area contributed by atoms with Crippen LogP contribution in [0.15, 0.2) is 0 Å². The van der Waals surface area contributed by atoms with E-state index in [0.717, 1.165) is 77.0 Å². The molecule has 0 radical (unpaired) electrons. The molecule has 0 saturated heterocycles. The summed E-state index contributed by atoms with van der Waals surface area (Å²) in [5, 5.41) is 18.5. The molecule has 0 aliphatic heterocycles. The van der Waals surface area contributed by atoms with Crippen molar-refractivity contribution in [2.75, 3.05) is 0 Å². The minimum Gasteiger partial charge on any atom is -0.380 e. The zero-order valence-corrected chi connectivity index (χ0v) is 20.7. The molecule has 0 heterocycles. The molecule has 2 unspecified atom stereocenters. The molecule has 0 aliphatic rings. The summed E-state index contributed by atoms with van der Waals surface area (Å²) in [5.41, 5.74) is 0. The van der Waals surface area contributed by atoms with Crippen molar-refractivity contribution in [3.05, 3.63) is 0 Å². The molecule has 0 fully saturated rings. The third-order valence-electron chi connectivity index (χ3n) is 5.48. The Morgan fingerprint density at radius 1 is 0.559 bits per heavy atom. The van der Waals surface area contributed by atoms with Gasteiger partial charge >= 0.3 is 0 Å².